The fraction of sp³-hybridized carbons (Fsp3) is 0.371. The molecular weight excluding hydrogens is 637 g/mol. The fourth-order valence-electron chi connectivity index (χ4n) is 7.98. The van der Waals surface area contributed by atoms with E-state index in [0.29, 0.717) is 28.1 Å². The van der Waals surface area contributed by atoms with Gasteiger partial charge in [0.05, 0.1) is 43.3 Å². The van der Waals surface area contributed by atoms with Gasteiger partial charge in [0.2, 0.25) is 0 Å². The lowest BCUT2D eigenvalue weighted by molar-refractivity contribution is -0.139. The average Bonchev–Trinajstić information content (AvgIpc) is 3.33. The van der Waals surface area contributed by atoms with Crippen LogP contribution < -0.4 is 26.4 Å². The van der Waals surface area contributed by atoms with E-state index in [4.69, 9.17) is 9.47 Å². The number of carbonyl (C=O) groups excluding carboxylic acids is 2. The number of aryl methyl sites for hydroxylation is 2. The second-order valence-corrected chi connectivity index (χ2v) is 13.0. The summed E-state index contributed by atoms with van der Waals surface area (Å²) in [6, 6.07) is 6.46. The number of hydrogen-bond acceptors (Lipinski definition) is 9. The van der Waals surface area contributed by atoms with E-state index in [0.717, 1.165) is 10.6 Å². The van der Waals surface area contributed by atoms with E-state index in [1.54, 1.807) is 39.1 Å². The fourth-order valence-corrected chi connectivity index (χ4v) is 7.98. The first-order valence-electron chi connectivity index (χ1n) is 15.8. The third kappa shape index (κ3) is 4.49. The monoisotopic (exact) mass is 671 g/mol. The van der Waals surface area contributed by atoms with Crippen LogP contribution in [0.1, 0.15) is 43.5 Å². The number of fused-ring (bicyclic) bond motifs is 5. The Morgan fingerprint density at radius 1 is 1.06 bits per heavy atom. The lowest BCUT2D eigenvalue weighted by Gasteiger charge is -2.52. The summed E-state index contributed by atoms with van der Waals surface area (Å²) in [6.45, 7) is 2.99. The lowest BCUT2D eigenvalue weighted by atomic mass is 9.51. The maximum Gasteiger partial charge on any atom is 0.347 e. The number of halogens is 1. The summed E-state index contributed by atoms with van der Waals surface area (Å²) < 4.78 is 30.5. The van der Waals surface area contributed by atoms with E-state index in [9.17, 15) is 33.5 Å². The summed E-state index contributed by atoms with van der Waals surface area (Å²) >= 11 is 0. The Labute approximate surface area is 278 Å². The number of rotatable bonds is 6. The maximum absolute atomic E-state index is 14.8. The van der Waals surface area contributed by atoms with Gasteiger partial charge in [-0.05, 0) is 36.6 Å². The maximum atomic E-state index is 14.8. The van der Waals surface area contributed by atoms with Crippen LogP contribution in [0.3, 0.4) is 0 Å². The van der Waals surface area contributed by atoms with Crippen LogP contribution in [0.2, 0.25) is 0 Å². The molecule has 7 rings (SSSR count). The van der Waals surface area contributed by atoms with Crippen molar-refractivity contribution in [3.8, 4) is 17.2 Å². The smallest absolute Gasteiger partial charge is 0.347 e. The molecule has 2 aromatic carbocycles. The molecule has 254 valence electrons. The van der Waals surface area contributed by atoms with Crippen molar-refractivity contribution >= 4 is 22.6 Å². The number of ketones is 2. The highest BCUT2D eigenvalue weighted by molar-refractivity contribution is 6.13. The Kier molecular flexibility index (Phi) is 7.37. The number of Topliss-reactive ketones (excluding diaryl/α,β-unsaturated/α-hetero) is 1. The van der Waals surface area contributed by atoms with Gasteiger partial charge >= 0.3 is 11.4 Å². The van der Waals surface area contributed by atoms with Gasteiger partial charge in [-0.25, -0.2) is 32.9 Å². The number of allylic oxidation sites excluding steroid dienone is 4. The van der Waals surface area contributed by atoms with Crippen molar-refractivity contribution in [2.75, 3.05) is 14.2 Å². The third-order valence-electron chi connectivity index (χ3n) is 10.6. The number of carbonyl (C=O) groups is 2. The van der Waals surface area contributed by atoms with Crippen molar-refractivity contribution < 1.29 is 28.6 Å². The highest BCUT2D eigenvalue weighted by atomic mass is 19.1. The molecule has 14 heteroatoms. The van der Waals surface area contributed by atoms with Gasteiger partial charge in [0.25, 0.3) is 5.56 Å². The van der Waals surface area contributed by atoms with E-state index >= 15 is 0 Å². The van der Waals surface area contributed by atoms with Gasteiger partial charge in [-0.2, -0.15) is 0 Å². The number of para-hydroxylation sites is 1. The summed E-state index contributed by atoms with van der Waals surface area (Å²) in [4.78, 5) is 73.1. The van der Waals surface area contributed by atoms with Crippen molar-refractivity contribution in [1.82, 2.24) is 23.5 Å². The van der Waals surface area contributed by atoms with Crippen LogP contribution in [0.25, 0.3) is 11.0 Å². The minimum Gasteiger partial charge on any atom is -0.505 e. The largest absolute Gasteiger partial charge is 0.505 e. The van der Waals surface area contributed by atoms with Crippen LogP contribution in [-0.2, 0) is 36.1 Å². The van der Waals surface area contributed by atoms with E-state index in [1.807, 2.05) is 0 Å². The van der Waals surface area contributed by atoms with Crippen molar-refractivity contribution in [3.05, 3.63) is 102 Å². The Hall–Kier alpha value is -5.53. The zero-order valence-corrected chi connectivity index (χ0v) is 27.5. The molecule has 3 aliphatic rings. The van der Waals surface area contributed by atoms with E-state index in [1.165, 1.54) is 46.4 Å². The molecule has 0 amide bonds. The van der Waals surface area contributed by atoms with Crippen molar-refractivity contribution in [3.63, 3.8) is 0 Å². The molecule has 1 aliphatic heterocycles. The number of nitrogens with zero attached hydrogens (tertiary/aromatic N) is 5. The normalized spacial score (nSPS) is 23.0. The molecule has 0 saturated heterocycles. The molecule has 4 atom stereocenters. The van der Waals surface area contributed by atoms with Gasteiger partial charge in [-0.3, -0.25) is 14.4 Å². The summed E-state index contributed by atoms with van der Waals surface area (Å²) in [7, 11) is 4.56. The first-order valence-corrected chi connectivity index (χ1v) is 15.8. The molecule has 2 aliphatic carbocycles. The number of phenols is 1. The number of benzene rings is 2. The topological polar surface area (TPSA) is 157 Å². The SMILES string of the molecule is COc1cc2nc(CCn3c(=O)n4n(c3=O)[C@@H]3C[C@H]5C(=O)C(C)=CC(=O)[C@@]5(C)[C@@H](c5cccc(F)c5O)C3=CC4)c(=O)n(C)c2cc1OC. The predicted molar refractivity (Wildman–Crippen MR) is 175 cm³/mol. The molecule has 0 unspecified atom stereocenters. The van der Waals surface area contributed by atoms with E-state index in [-0.39, 0.29) is 54.3 Å². The van der Waals surface area contributed by atoms with Gasteiger partial charge in [-0.1, -0.05) is 25.1 Å². The molecule has 2 aromatic heterocycles. The van der Waals surface area contributed by atoms with Crippen molar-refractivity contribution in [2.24, 2.45) is 18.4 Å². The molecule has 3 heterocycles. The first kappa shape index (κ1) is 32.0. The number of phenolic OH excluding ortho intramolecular Hbond substituents is 1. The van der Waals surface area contributed by atoms with Gasteiger partial charge in [-0.15, -0.1) is 0 Å². The lowest BCUT2D eigenvalue weighted by Crippen LogP contribution is -2.54. The van der Waals surface area contributed by atoms with Crippen LogP contribution in [0, 0.1) is 17.2 Å². The van der Waals surface area contributed by atoms with Crippen LogP contribution >= 0.6 is 0 Å². The van der Waals surface area contributed by atoms with Crippen LogP contribution in [0.4, 0.5) is 4.39 Å². The van der Waals surface area contributed by atoms with Crippen LogP contribution in [0.5, 0.6) is 17.2 Å². The van der Waals surface area contributed by atoms with Crippen LogP contribution in [0.15, 0.2) is 68.0 Å². The molecular formula is C35H34FN5O8. The molecule has 1 fully saturated rings. The van der Waals surface area contributed by atoms with Gasteiger partial charge < -0.3 is 19.1 Å². The minimum atomic E-state index is -1.38. The zero-order chi connectivity index (χ0) is 35.1. The van der Waals surface area contributed by atoms with Gasteiger partial charge in [0, 0.05) is 49.5 Å². The summed E-state index contributed by atoms with van der Waals surface area (Å²) in [5.41, 5.74) is -1.08. The van der Waals surface area contributed by atoms with Gasteiger partial charge in [0.15, 0.2) is 34.6 Å². The van der Waals surface area contributed by atoms with Crippen LogP contribution in [-0.4, -0.2) is 54.4 Å². The Morgan fingerprint density at radius 3 is 2.49 bits per heavy atom. The Morgan fingerprint density at radius 2 is 1.78 bits per heavy atom. The Balaban J connectivity index is 1.31. The van der Waals surface area contributed by atoms with E-state index < -0.39 is 51.8 Å². The third-order valence-corrected chi connectivity index (χ3v) is 10.6. The molecule has 0 radical (unpaired) electrons. The van der Waals surface area contributed by atoms with Crippen molar-refractivity contribution in [2.45, 2.75) is 51.7 Å². The molecule has 49 heavy (non-hydrogen) atoms. The molecule has 0 bridgehead atoms. The molecule has 1 saturated carbocycles. The molecule has 1 N–H and O–H groups in total. The predicted octanol–water partition coefficient (Wildman–Crippen LogP) is 2.55. The zero-order valence-electron chi connectivity index (χ0n) is 27.5. The highest BCUT2D eigenvalue weighted by Gasteiger charge is 2.59. The first-order chi connectivity index (χ1) is 23.3. The van der Waals surface area contributed by atoms with Gasteiger partial charge in [0.1, 0.15) is 5.69 Å². The minimum absolute atomic E-state index is 0.0338. The number of aromatic hydroxyl groups is 1. The number of aromatic nitrogens is 5. The van der Waals surface area contributed by atoms with Crippen molar-refractivity contribution in [1.29, 1.82) is 0 Å². The van der Waals surface area contributed by atoms with E-state index in [2.05, 4.69) is 4.98 Å². The second kappa shape index (κ2) is 11.3. The molecule has 13 nitrogen and oxygen atoms in total. The summed E-state index contributed by atoms with van der Waals surface area (Å²) in [5.74, 6) is -3.20. The number of hydrogen-bond donors (Lipinski definition) is 1. The summed E-state index contributed by atoms with van der Waals surface area (Å²) in [5, 5.41) is 10.9. The summed E-state index contributed by atoms with van der Waals surface area (Å²) in [6.07, 6.45) is 3.00. The highest BCUT2D eigenvalue weighted by Crippen LogP contribution is 2.60. The standard InChI is InChI=1S/C35H34FN5O8/c1-17-13-28(42)35(2)20(30(17)43)14-24-18(29(35)19-7-6-8-21(36)31(19)44)9-12-40-33(46)39(34(47)41(24)40)11-10-22-32(45)38(3)25-16-27(49-5)26(48-4)15-23(25)37-22/h6-9,13,15-16,20,24,29,44H,10-12,14H2,1-5H3/t20-,24+,29+,35-/m0/s1. The quantitative estimate of drug-likeness (QED) is 0.305. The average molecular weight is 672 g/mol. The Bertz CT molecular complexity index is 2360. The number of methoxy groups -OCH3 is 2. The number of ether oxygens (including phenoxy) is 2. The second-order valence-electron chi connectivity index (χ2n) is 13.0. The molecule has 0 spiro atoms. The molecule has 4 aromatic rings.